The van der Waals surface area contributed by atoms with Crippen molar-refractivity contribution in [3.05, 3.63) is 95.1 Å². The number of nitrogens with zero attached hydrogens (tertiary/aromatic N) is 3. The number of rotatable bonds is 8. The Kier molecular flexibility index (Phi) is 7.52. The standard InChI is InChI=1S/C26H23ClN4O4S/c1-18-8-11-21(12-9-18)31(36(33,34)23-6-4-3-5-7-23)17-25(32)30-28-16-20-14-19-10-13-22(35-2)15-24(19)29-26(20)27/h3-16H,17H2,1-2H3,(H,30,32)/b28-16+. The van der Waals surface area contributed by atoms with Crippen molar-refractivity contribution in [1.82, 2.24) is 10.4 Å². The summed E-state index contributed by atoms with van der Waals surface area (Å²) in [6.07, 6.45) is 1.36. The number of ether oxygens (including phenoxy) is 1. The number of hydrogen-bond acceptors (Lipinski definition) is 6. The Morgan fingerprint density at radius 1 is 1.08 bits per heavy atom. The predicted octanol–water partition coefficient (Wildman–Crippen LogP) is 4.55. The van der Waals surface area contributed by atoms with Gasteiger partial charge in [0, 0.05) is 17.0 Å². The molecule has 4 aromatic rings. The minimum atomic E-state index is -4.00. The van der Waals surface area contributed by atoms with Crippen LogP contribution >= 0.6 is 11.6 Å². The average Bonchev–Trinajstić information content (AvgIpc) is 2.88. The lowest BCUT2D eigenvalue weighted by molar-refractivity contribution is -0.119. The number of anilines is 1. The van der Waals surface area contributed by atoms with Gasteiger partial charge in [0.05, 0.1) is 29.4 Å². The topological polar surface area (TPSA) is 101 Å². The molecule has 0 aliphatic heterocycles. The maximum Gasteiger partial charge on any atom is 0.264 e. The Morgan fingerprint density at radius 3 is 2.50 bits per heavy atom. The molecular formula is C26H23ClN4O4S. The molecule has 0 saturated carbocycles. The molecule has 8 nitrogen and oxygen atoms in total. The quantitative estimate of drug-likeness (QED) is 0.208. The van der Waals surface area contributed by atoms with Crippen molar-refractivity contribution in [2.45, 2.75) is 11.8 Å². The maximum atomic E-state index is 13.3. The van der Waals surface area contributed by atoms with Crippen LogP contribution in [0, 0.1) is 6.92 Å². The molecule has 0 aliphatic carbocycles. The van der Waals surface area contributed by atoms with Crippen molar-refractivity contribution in [2.24, 2.45) is 5.10 Å². The van der Waals surface area contributed by atoms with E-state index in [-0.39, 0.29) is 10.0 Å². The normalized spacial score (nSPS) is 11.5. The number of carbonyl (C=O) groups is 1. The fourth-order valence-corrected chi connectivity index (χ4v) is 5.08. The smallest absolute Gasteiger partial charge is 0.264 e. The van der Waals surface area contributed by atoms with Crippen molar-refractivity contribution in [2.75, 3.05) is 18.0 Å². The van der Waals surface area contributed by atoms with Crippen LogP contribution < -0.4 is 14.5 Å². The largest absolute Gasteiger partial charge is 0.497 e. The lowest BCUT2D eigenvalue weighted by Crippen LogP contribution is -2.39. The van der Waals surface area contributed by atoms with Gasteiger partial charge in [-0.1, -0.05) is 47.5 Å². The molecule has 36 heavy (non-hydrogen) atoms. The minimum Gasteiger partial charge on any atom is -0.497 e. The minimum absolute atomic E-state index is 0.0764. The van der Waals surface area contributed by atoms with Gasteiger partial charge in [-0.25, -0.2) is 18.8 Å². The molecule has 4 rings (SSSR count). The molecule has 0 fully saturated rings. The lowest BCUT2D eigenvalue weighted by Gasteiger charge is -2.23. The van der Waals surface area contributed by atoms with E-state index in [1.54, 1.807) is 67.8 Å². The molecule has 0 atom stereocenters. The number of benzene rings is 3. The molecule has 0 bridgehead atoms. The number of halogens is 1. The van der Waals surface area contributed by atoms with Crippen molar-refractivity contribution >= 4 is 50.3 Å². The highest BCUT2D eigenvalue weighted by Gasteiger charge is 2.27. The number of hydrazone groups is 1. The van der Waals surface area contributed by atoms with E-state index in [9.17, 15) is 13.2 Å². The van der Waals surface area contributed by atoms with Crippen LogP contribution in [0.15, 0.2) is 88.9 Å². The van der Waals surface area contributed by atoms with Crippen LogP contribution in [0.4, 0.5) is 5.69 Å². The summed E-state index contributed by atoms with van der Waals surface area (Å²) in [5, 5.41) is 4.97. The Labute approximate surface area is 214 Å². The number of nitrogens with one attached hydrogen (secondary N) is 1. The summed E-state index contributed by atoms with van der Waals surface area (Å²) in [7, 11) is -2.43. The van der Waals surface area contributed by atoms with E-state index in [2.05, 4.69) is 15.5 Å². The number of fused-ring (bicyclic) bond motifs is 1. The molecule has 3 aromatic carbocycles. The summed E-state index contributed by atoms with van der Waals surface area (Å²) in [6.45, 7) is 1.42. The first kappa shape index (κ1) is 25.2. The summed E-state index contributed by atoms with van der Waals surface area (Å²) >= 11 is 6.28. The highest BCUT2D eigenvalue weighted by molar-refractivity contribution is 7.92. The van der Waals surface area contributed by atoms with Crippen LogP contribution in [-0.2, 0) is 14.8 Å². The predicted molar refractivity (Wildman–Crippen MR) is 141 cm³/mol. The van der Waals surface area contributed by atoms with Crippen LogP contribution in [0.5, 0.6) is 5.75 Å². The second-order valence-corrected chi connectivity index (χ2v) is 10.1. The molecule has 1 N–H and O–H groups in total. The van der Waals surface area contributed by atoms with Gasteiger partial charge in [0.2, 0.25) is 0 Å². The van der Waals surface area contributed by atoms with Crippen molar-refractivity contribution in [3.8, 4) is 5.75 Å². The summed E-state index contributed by atoms with van der Waals surface area (Å²) < 4.78 is 32.9. The number of carbonyl (C=O) groups excluding carboxylic acids is 1. The molecular weight excluding hydrogens is 500 g/mol. The first-order valence-corrected chi connectivity index (χ1v) is 12.7. The number of methoxy groups -OCH3 is 1. The number of amides is 1. The summed E-state index contributed by atoms with van der Waals surface area (Å²) in [4.78, 5) is 17.1. The van der Waals surface area contributed by atoms with Gasteiger partial charge in [0.1, 0.15) is 17.4 Å². The summed E-state index contributed by atoms with van der Waals surface area (Å²) in [5.41, 5.74) is 4.84. The fraction of sp³-hybridized carbons (Fsp3) is 0.115. The second kappa shape index (κ2) is 10.8. The van der Waals surface area contributed by atoms with Gasteiger partial charge < -0.3 is 4.74 Å². The Bertz CT molecular complexity index is 1530. The third-order valence-corrected chi connectivity index (χ3v) is 7.43. The van der Waals surface area contributed by atoms with Gasteiger partial charge in [-0.2, -0.15) is 5.10 Å². The van der Waals surface area contributed by atoms with E-state index >= 15 is 0 Å². The van der Waals surface area contributed by atoms with E-state index in [0.717, 1.165) is 15.3 Å². The van der Waals surface area contributed by atoms with E-state index in [4.69, 9.17) is 16.3 Å². The van der Waals surface area contributed by atoms with Crippen molar-refractivity contribution < 1.29 is 17.9 Å². The van der Waals surface area contributed by atoms with Crippen molar-refractivity contribution in [1.29, 1.82) is 0 Å². The fourth-order valence-electron chi connectivity index (χ4n) is 3.44. The number of hydrogen-bond donors (Lipinski definition) is 1. The molecule has 0 aliphatic rings. The second-order valence-electron chi connectivity index (χ2n) is 7.88. The van der Waals surface area contributed by atoms with Gasteiger partial charge in [-0.05, 0) is 49.4 Å². The third kappa shape index (κ3) is 5.64. The average molecular weight is 523 g/mol. The number of pyridine rings is 1. The van der Waals surface area contributed by atoms with E-state index < -0.39 is 22.5 Å². The Morgan fingerprint density at radius 2 is 1.81 bits per heavy atom. The zero-order valence-corrected chi connectivity index (χ0v) is 21.1. The molecule has 1 heterocycles. The molecule has 10 heteroatoms. The number of aryl methyl sites for hydroxylation is 1. The third-order valence-electron chi connectivity index (χ3n) is 5.34. The van der Waals surface area contributed by atoms with Gasteiger partial charge >= 0.3 is 0 Å². The van der Waals surface area contributed by atoms with Crippen LogP contribution in [0.2, 0.25) is 5.15 Å². The first-order chi connectivity index (χ1) is 17.3. The highest BCUT2D eigenvalue weighted by atomic mass is 35.5. The molecule has 184 valence electrons. The van der Waals surface area contributed by atoms with E-state index in [0.29, 0.717) is 22.5 Å². The zero-order chi connectivity index (χ0) is 25.7. The van der Waals surface area contributed by atoms with Crippen LogP contribution in [-0.4, -0.2) is 39.2 Å². The van der Waals surface area contributed by atoms with Crippen LogP contribution in [0.3, 0.4) is 0 Å². The molecule has 0 spiro atoms. The SMILES string of the molecule is COc1ccc2cc(/C=N/NC(=O)CN(c3ccc(C)cc3)S(=O)(=O)c3ccccc3)c(Cl)nc2c1. The first-order valence-electron chi connectivity index (χ1n) is 10.9. The number of sulfonamides is 1. The Balaban J connectivity index is 1.54. The van der Waals surface area contributed by atoms with Crippen LogP contribution in [0.1, 0.15) is 11.1 Å². The Hall–Kier alpha value is -3.95. The van der Waals surface area contributed by atoms with E-state index in [1.165, 1.54) is 18.3 Å². The molecule has 1 amide bonds. The van der Waals surface area contributed by atoms with E-state index in [1.807, 2.05) is 13.0 Å². The van der Waals surface area contributed by atoms with Gasteiger partial charge in [0.25, 0.3) is 15.9 Å². The maximum absolute atomic E-state index is 13.3. The van der Waals surface area contributed by atoms with Crippen LogP contribution in [0.25, 0.3) is 10.9 Å². The van der Waals surface area contributed by atoms with Gasteiger partial charge in [0.15, 0.2) is 0 Å². The van der Waals surface area contributed by atoms with Gasteiger partial charge in [-0.3, -0.25) is 9.10 Å². The molecule has 0 radical (unpaired) electrons. The summed E-state index contributed by atoms with van der Waals surface area (Å²) in [5.74, 6) is 0.0317. The molecule has 1 aromatic heterocycles. The molecule has 0 unspecified atom stereocenters. The highest BCUT2D eigenvalue weighted by Crippen LogP contribution is 2.25. The lowest BCUT2D eigenvalue weighted by atomic mass is 10.1. The van der Waals surface area contributed by atoms with Crippen molar-refractivity contribution in [3.63, 3.8) is 0 Å². The monoisotopic (exact) mass is 522 g/mol. The number of aromatic nitrogens is 1. The zero-order valence-electron chi connectivity index (χ0n) is 19.6. The summed E-state index contributed by atoms with van der Waals surface area (Å²) in [6, 6.07) is 22.0. The molecule has 0 saturated heterocycles. The van der Waals surface area contributed by atoms with Gasteiger partial charge in [-0.15, -0.1) is 0 Å².